The predicted octanol–water partition coefficient (Wildman–Crippen LogP) is 3.41. The van der Waals surface area contributed by atoms with Gasteiger partial charge >= 0.3 is 0 Å². The summed E-state index contributed by atoms with van der Waals surface area (Å²) in [5, 5.41) is 2.75. The van der Waals surface area contributed by atoms with Gasteiger partial charge in [-0.15, -0.1) is 0 Å². The smallest absolute Gasteiger partial charge is 0.261 e. The summed E-state index contributed by atoms with van der Waals surface area (Å²) in [6, 6.07) is 10.5. The number of carbonyl (C=O) groups is 1. The Bertz CT molecular complexity index is 934. The molecule has 0 saturated heterocycles. The van der Waals surface area contributed by atoms with E-state index in [-0.39, 0.29) is 22.4 Å². The summed E-state index contributed by atoms with van der Waals surface area (Å²) >= 11 is 3.36. The van der Waals surface area contributed by atoms with E-state index in [1.54, 1.807) is 38.3 Å². The van der Waals surface area contributed by atoms with Crippen molar-refractivity contribution in [2.24, 2.45) is 0 Å². The summed E-state index contributed by atoms with van der Waals surface area (Å²) < 4.78 is 39.0. The fourth-order valence-electron chi connectivity index (χ4n) is 2.45. The second-order valence-electron chi connectivity index (χ2n) is 6.04. The van der Waals surface area contributed by atoms with Crippen molar-refractivity contribution in [2.75, 3.05) is 25.0 Å². The molecule has 2 rings (SSSR count). The monoisotopic (exact) mass is 470 g/mol. The Balaban J connectivity index is 2.19. The lowest BCUT2D eigenvalue weighted by atomic mass is 10.2. The van der Waals surface area contributed by atoms with Crippen LogP contribution in [0.3, 0.4) is 0 Å². The molecule has 1 atom stereocenters. The molecule has 0 radical (unpaired) electrons. The van der Waals surface area contributed by atoms with Crippen LogP contribution in [-0.2, 0) is 14.8 Å². The predicted molar refractivity (Wildman–Crippen MR) is 111 cm³/mol. The van der Waals surface area contributed by atoms with Crippen LogP contribution in [0.5, 0.6) is 5.75 Å². The van der Waals surface area contributed by atoms with Crippen LogP contribution in [0.15, 0.2) is 51.8 Å². The minimum Gasteiger partial charge on any atom is -0.493 e. The molecule has 1 unspecified atom stereocenters. The molecule has 7 nitrogen and oxygen atoms in total. The van der Waals surface area contributed by atoms with Crippen LogP contribution in [0, 0.1) is 0 Å². The van der Waals surface area contributed by atoms with Crippen molar-refractivity contribution in [3.63, 3.8) is 0 Å². The first-order valence-corrected chi connectivity index (χ1v) is 10.9. The second-order valence-corrected chi connectivity index (χ2v) is 8.58. The molecule has 2 aromatic rings. The zero-order chi connectivity index (χ0) is 20.7. The number of rotatable bonds is 9. The third-order valence-electron chi connectivity index (χ3n) is 3.68. The molecular weight excluding hydrogens is 448 g/mol. The third-order valence-corrected chi connectivity index (χ3v) is 5.68. The maximum absolute atomic E-state index is 12.7. The average molecular weight is 471 g/mol. The van der Waals surface area contributed by atoms with Gasteiger partial charge in [0, 0.05) is 18.7 Å². The number of hydrogen-bond donors (Lipinski definition) is 2. The van der Waals surface area contributed by atoms with Crippen LogP contribution in [0.2, 0.25) is 0 Å². The Labute approximate surface area is 173 Å². The summed E-state index contributed by atoms with van der Waals surface area (Å²) in [6.45, 7) is 4.52. The van der Waals surface area contributed by atoms with E-state index >= 15 is 0 Å². The molecule has 2 aromatic carbocycles. The van der Waals surface area contributed by atoms with Crippen molar-refractivity contribution in [3.8, 4) is 5.75 Å². The zero-order valence-electron chi connectivity index (χ0n) is 15.9. The Morgan fingerprint density at radius 2 is 1.96 bits per heavy atom. The van der Waals surface area contributed by atoms with E-state index in [1.807, 2.05) is 6.92 Å². The number of methoxy groups -OCH3 is 1. The van der Waals surface area contributed by atoms with Crippen LogP contribution >= 0.6 is 15.9 Å². The highest BCUT2D eigenvalue weighted by molar-refractivity contribution is 9.10. The normalized spacial score (nSPS) is 12.3. The Morgan fingerprint density at radius 1 is 1.21 bits per heavy atom. The maximum Gasteiger partial charge on any atom is 0.261 e. The van der Waals surface area contributed by atoms with Gasteiger partial charge in [-0.05, 0) is 66.2 Å². The van der Waals surface area contributed by atoms with Gasteiger partial charge in [-0.1, -0.05) is 6.07 Å². The van der Waals surface area contributed by atoms with Crippen LogP contribution in [0.4, 0.5) is 5.69 Å². The average Bonchev–Trinajstić information content (AvgIpc) is 2.64. The first-order valence-electron chi connectivity index (χ1n) is 8.62. The van der Waals surface area contributed by atoms with Gasteiger partial charge in [-0.25, -0.2) is 8.42 Å². The largest absolute Gasteiger partial charge is 0.493 e. The van der Waals surface area contributed by atoms with Crippen molar-refractivity contribution in [3.05, 3.63) is 52.5 Å². The van der Waals surface area contributed by atoms with E-state index < -0.39 is 10.0 Å². The summed E-state index contributed by atoms with van der Waals surface area (Å²) in [5.74, 6) is 0.250. The molecule has 9 heteroatoms. The number of anilines is 1. The third kappa shape index (κ3) is 5.95. The van der Waals surface area contributed by atoms with Crippen molar-refractivity contribution >= 4 is 37.5 Å². The Hall–Kier alpha value is -2.10. The standard InChI is InChI=1S/C19H23BrN2O5S/c1-4-27-18-9-8-15(11-17(18)20)22-28(24,25)16-7-5-6-14(10-16)19(23)21-13(2)12-26-3/h5-11,13,22H,4,12H2,1-3H3,(H,21,23). The number of halogens is 1. The molecule has 0 aliphatic carbocycles. The highest BCUT2D eigenvalue weighted by Gasteiger charge is 2.18. The highest BCUT2D eigenvalue weighted by Crippen LogP contribution is 2.29. The molecule has 0 bridgehead atoms. The number of ether oxygens (including phenoxy) is 2. The van der Waals surface area contributed by atoms with Crippen molar-refractivity contribution in [2.45, 2.75) is 24.8 Å². The van der Waals surface area contributed by atoms with E-state index in [1.165, 1.54) is 18.2 Å². The van der Waals surface area contributed by atoms with Crippen molar-refractivity contribution in [1.82, 2.24) is 5.32 Å². The van der Waals surface area contributed by atoms with Crippen LogP contribution in [-0.4, -0.2) is 40.7 Å². The lowest BCUT2D eigenvalue weighted by Gasteiger charge is -2.14. The van der Waals surface area contributed by atoms with Gasteiger partial charge in [-0.3, -0.25) is 9.52 Å². The molecule has 0 aromatic heterocycles. The molecule has 0 fully saturated rings. The summed E-state index contributed by atoms with van der Waals surface area (Å²) in [7, 11) is -2.32. The number of hydrogen-bond acceptors (Lipinski definition) is 5. The summed E-state index contributed by atoms with van der Waals surface area (Å²) in [6.07, 6.45) is 0. The van der Waals surface area contributed by atoms with E-state index in [2.05, 4.69) is 26.0 Å². The number of amides is 1. The van der Waals surface area contributed by atoms with Gasteiger partial charge in [0.05, 0.1) is 28.3 Å². The molecular formula is C19H23BrN2O5S. The Kier molecular flexibility index (Phi) is 7.85. The number of sulfonamides is 1. The molecule has 1 amide bonds. The van der Waals surface area contributed by atoms with Gasteiger partial charge in [0.15, 0.2) is 0 Å². The fourth-order valence-corrected chi connectivity index (χ4v) is 4.04. The molecule has 152 valence electrons. The first-order chi connectivity index (χ1) is 13.3. The molecule has 0 aliphatic rings. The van der Waals surface area contributed by atoms with Crippen LogP contribution < -0.4 is 14.8 Å². The van der Waals surface area contributed by atoms with Gasteiger partial charge in [-0.2, -0.15) is 0 Å². The van der Waals surface area contributed by atoms with Gasteiger partial charge in [0.2, 0.25) is 0 Å². The number of benzene rings is 2. The SMILES string of the molecule is CCOc1ccc(NS(=O)(=O)c2cccc(C(=O)NC(C)COC)c2)cc1Br. The van der Waals surface area contributed by atoms with Crippen molar-refractivity contribution in [1.29, 1.82) is 0 Å². The van der Waals surface area contributed by atoms with E-state index in [0.717, 1.165) is 0 Å². The molecule has 0 saturated carbocycles. The lowest BCUT2D eigenvalue weighted by Crippen LogP contribution is -2.35. The number of carbonyl (C=O) groups excluding carboxylic acids is 1. The maximum atomic E-state index is 12.7. The molecule has 2 N–H and O–H groups in total. The van der Waals surface area contributed by atoms with E-state index in [9.17, 15) is 13.2 Å². The highest BCUT2D eigenvalue weighted by atomic mass is 79.9. The van der Waals surface area contributed by atoms with E-state index in [4.69, 9.17) is 9.47 Å². The molecule has 0 aliphatic heterocycles. The zero-order valence-corrected chi connectivity index (χ0v) is 18.3. The van der Waals surface area contributed by atoms with Crippen LogP contribution in [0.25, 0.3) is 0 Å². The lowest BCUT2D eigenvalue weighted by molar-refractivity contribution is 0.0905. The van der Waals surface area contributed by atoms with Gasteiger partial charge in [0.25, 0.3) is 15.9 Å². The quantitative estimate of drug-likeness (QED) is 0.585. The van der Waals surface area contributed by atoms with E-state index in [0.29, 0.717) is 29.1 Å². The second kappa shape index (κ2) is 9.90. The molecule has 0 heterocycles. The molecule has 28 heavy (non-hydrogen) atoms. The first kappa shape index (κ1) is 22.2. The van der Waals surface area contributed by atoms with Gasteiger partial charge in [0.1, 0.15) is 5.75 Å². The van der Waals surface area contributed by atoms with Crippen molar-refractivity contribution < 1.29 is 22.7 Å². The molecule has 0 spiro atoms. The number of nitrogens with one attached hydrogen (secondary N) is 2. The Morgan fingerprint density at radius 3 is 2.61 bits per heavy atom. The van der Waals surface area contributed by atoms with Crippen LogP contribution in [0.1, 0.15) is 24.2 Å². The summed E-state index contributed by atoms with van der Waals surface area (Å²) in [5.41, 5.74) is 0.623. The fraction of sp³-hybridized carbons (Fsp3) is 0.316. The summed E-state index contributed by atoms with van der Waals surface area (Å²) in [4.78, 5) is 12.3. The van der Waals surface area contributed by atoms with Gasteiger partial charge < -0.3 is 14.8 Å². The minimum atomic E-state index is -3.87. The topological polar surface area (TPSA) is 93.7 Å². The minimum absolute atomic E-state index is 0.00967.